The number of aromatic amines is 1. The van der Waals surface area contributed by atoms with E-state index in [1.807, 2.05) is 25.1 Å². The van der Waals surface area contributed by atoms with Crippen LogP contribution in [0.5, 0.6) is 5.75 Å². The van der Waals surface area contributed by atoms with E-state index in [0.717, 1.165) is 16.8 Å². The molecule has 1 N–H and O–H groups in total. The van der Waals surface area contributed by atoms with Crippen LogP contribution in [0.15, 0.2) is 23.0 Å². The van der Waals surface area contributed by atoms with Gasteiger partial charge in [-0.15, -0.1) is 0 Å². The van der Waals surface area contributed by atoms with Gasteiger partial charge in [-0.25, -0.2) is 4.79 Å². The van der Waals surface area contributed by atoms with Gasteiger partial charge in [-0.1, -0.05) is 6.07 Å². The zero-order valence-corrected chi connectivity index (χ0v) is 7.78. The standard InChI is InChI=1S/C10H10N2O2/c1-6-5-14-8-4-2-3-7-9(8)12(6)10(13)11-7/h2-4,6H,5H2,1H3,(H,11,13). The highest BCUT2D eigenvalue weighted by molar-refractivity contribution is 5.82. The van der Waals surface area contributed by atoms with E-state index in [1.165, 1.54) is 0 Å². The Morgan fingerprint density at radius 1 is 1.57 bits per heavy atom. The van der Waals surface area contributed by atoms with Crippen LogP contribution in [-0.2, 0) is 0 Å². The van der Waals surface area contributed by atoms with Gasteiger partial charge in [0.1, 0.15) is 17.9 Å². The van der Waals surface area contributed by atoms with Crippen LogP contribution in [0.2, 0.25) is 0 Å². The molecule has 1 aromatic carbocycles. The topological polar surface area (TPSA) is 47.0 Å². The maximum Gasteiger partial charge on any atom is 0.326 e. The first-order valence-electron chi connectivity index (χ1n) is 4.63. The van der Waals surface area contributed by atoms with Gasteiger partial charge in [0, 0.05) is 0 Å². The first-order chi connectivity index (χ1) is 6.77. The molecule has 0 saturated heterocycles. The van der Waals surface area contributed by atoms with Crippen molar-refractivity contribution in [1.29, 1.82) is 0 Å². The highest BCUT2D eigenvalue weighted by Crippen LogP contribution is 2.29. The lowest BCUT2D eigenvalue weighted by Crippen LogP contribution is -2.27. The molecule has 3 rings (SSSR count). The number of benzene rings is 1. The van der Waals surface area contributed by atoms with Gasteiger partial charge < -0.3 is 9.72 Å². The Bertz CT molecular complexity index is 553. The lowest BCUT2D eigenvalue weighted by Gasteiger charge is -2.21. The van der Waals surface area contributed by atoms with E-state index in [1.54, 1.807) is 4.57 Å². The molecule has 14 heavy (non-hydrogen) atoms. The molecule has 1 aliphatic heterocycles. The first kappa shape index (κ1) is 7.67. The molecule has 1 aromatic heterocycles. The average molecular weight is 190 g/mol. The average Bonchev–Trinajstić information content (AvgIpc) is 2.51. The number of hydrogen-bond acceptors (Lipinski definition) is 2. The molecule has 1 atom stereocenters. The summed E-state index contributed by atoms with van der Waals surface area (Å²) in [4.78, 5) is 14.4. The Hall–Kier alpha value is -1.71. The van der Waals surface area contributed by atoms with Crippen molar-refractivity contribution in [3.63, 3.8) is 0 Å². The smallest absolute Gasteiger partial charge is 0.326 e. The molecule has 1 unspecified atom stereocenters. The molecule has 1 aliphatic rings. The van der Waals surface area contributed by atoms with Gasteiger partial charge in [0.15, 0.2) is 0 Å². The molecule has 2 heterocycles. The summed E-state index contributed by atoms with van der Waals surface area (Å²) in [6.45, 7) is 2.54. The summed E-state index contributed by atoms with van der Waals surface area (Å²) >= 11 is 0. The van der Waals surface area contributed by atoms with E-state index < -0.39 is 0 Å². The predicted octanol–water partition coefficient (Wildman–Crippen LogP) is 1.28. The summed E-state index contributed by atoms with van der Waals surface area (Å²) in [6.07, 6.45) is 0. The van der Waals surface area contributed by atoms with Crippen LogP contribution < -0.4 is 10.4 Å². The van der Waals surface area contributed by atoms with E-state index in [4.69, 9.17) is 4.74 Å². The number of para-hydroxylation sites is 1. The van der Waals surface area contributed by atoms with Crippen LogP contribution in [-0.4, -0.2) is 16.2 Å². The quantitative estimate of drug-likeness (QED) is 0.680. The zero-order chi connectivity index (χ0) is 9.71. The number of nitrogens with one attached hydrogen (secondary N) is 1. The molecule has 0 aliphatic carbocycles. The summed E-state index contributed by atoms with van der Waals surface area (Å²) in [5, 5.41) is 0. The van der Waals surface area contributed by atoms with E-state index in [-0.39, 0.29) is 11.7 Å². The fourth-order valence-electron chi connectivity index (χ4n) is 1.97. The minimum absolute atomic E-state index is 0.0525. The molecule has 0 amide bonds. The summed E-state index contributed by atoms with van der Waals surface area (Å²) in [5.41, 5.74) is 1.68. The molecule has 0 spiro atoms. The van der Waals surface area contributed by atoms with Crippen molar-refractivity contribution >= 4 is 11.0 Å². The van der Waals surface area contributed by atoms with Crippen LogP contribution in [0.3, 0.4) is 0 Å². The number of aromatic nitrogens is 2. The van der Waals surface area contributed by atoms with E-state index in [2.05, 4.69) is 4.98 Å². The Kier molecular flexibility index (Phi) is 1.32. The number of hydrogen-bond donors (Lipinski definition) is 1. The molecule has 4 nitrogen and oxygen atoms in total. The number of nitrogens with zero attached hydrogens (tertiary/aromatic N) is 1. The monoisotopic (exact) mass is 190 g/mol. The third-order valence-corrected chi connectivity index (χ3v) is 2.62. The van der Waals surface area contributed by atoms with Crippen molar-refractivity contribution in [2.75, 3.05) is 6.61 Å². The Morgan fingerprint density at radius 3 is 3.29 bits per heavy atom. The predicted molar refractivity (Wildman–Crippen MR) is 52.8 cm³/mol. The summed E-state index contributed by atoms with van der Waals surface area (Å²) in [7, 11) is 0. The lowest BCUT2D eigenvalue weighted by atomic mass is 10.2. The van der Waals surface area contributed by atoms with Crippen molar-refractivity contribution in [1.82, 2.24) is 9.55 Å². The van der Waals surface area contributed by atoms with Crippen molar-refractivity contribution in [2.24, 2.45) is 0 Å². The van der Waals surface area contributed by atoms with Gasteiger partial charge in [0.2, 0.25) is 0 Å². The number of rotatable bonds is 0. The normalized spacial score (nSPS) is 19.6. The molecular weight excluding hydrogens is 180 g/mol. The molecular formula is C10H10N2O2. The van der Waals surface area contributed by atoms with E-state index in [9.17, 15) is 4.79 Å². The van der Waals surface area contributed by atoms with Crippen LogP contribution in [0.1, 0.15) is 13.0 Å². The van der Waals surface area contributed by atoms with E-state index >= 15 is 0 Å². The zero-order valence-electron chi connectivity index (χ0n) is 7.78. The van der Waals surface area contributed by atoms with Crippen LogP contribution in [0.4, 0.5) is 0 Å². The van der Waals surface area contributed by atoms with Crippen molar-refractivity contribution in [3.8, 4) is 5.75 Å². The Morgan fingerprint density at radius 2 is 2.43 bits per heavy atom. The molecule has 4 heteroatoms. The fraction of sp³-hybridized carbons (Fsp3) is 0.300. The second-order valence-electron chi connectivity index (χ2n) is 3.61. The van der Waals surface area contributed by atoms with Gasteiger partial charge >= 0.3 is 5.69 Å². The van der Waals surface area contributed by atoms with Crippen molar-refractivity contribution < 1.29 is 4.74 Å². The van der Waals surface area contributed by atoms with Crippen LogP contribution >= 0.6 is 0 Å². The summed E-state index contributed by atoms with van der Waals surface area (Å²) < 4.78 is 7.30. The molecule has 0 radical (unpaired) electrons. The minimum atomic E-state index is -0.0525. The number of ether oxygens (including phenoxy) is 1. The molecule has 72 valence electrons. The second-order valence-corrected chi connectivity index (χ2v) is 3.61. The van der Waals surface area contributed by atoms with Crippen LogP contribution in [0, 0.1) is 0 Å². The lowest BCUT2D eigenvalue weighted by molar-refractivity contribution is 0.245. The maximum absolute atomic E-state index is 11.6. The summed E-state index contributed by atoms with van der Waals surface area (Å²) in [6, 6.07) is 5.76. The van der Waals surface area contributed by atoms with Crippen molar-refractivity contribution in [2.45, 2.75) is 13.0 Å². The Balaban J connectivity index is 2.54. The van der Waals surface area contributed by atoms with Gasteiger partial charge in [-0.2, -0.15) is 0 Å². The van der Waals surface area contributed by atoms with Gasteiger partial charge in [-0.05, 0) is 19.1 Å². The number of imidazole rings is 1. The van der Waals surface area contributed by atoms with Gasteiger partial charge in [0.05, 0.1) is 11.6 Å². The molecule has 0 fully saturated rings. The molecule has 0 bridgehead atoms. The SMILES string of the molecule is CC1COc2cccc3[nH]c(=O)n1c23. The van der Waals surface area contributed by atoms with Crippen molar-refractivity contribution in [3.05, 3.63) is 28.7 Å². The fourth-order valence-corrected chi connectivity index (χ4v) is 1.97. The summed E-state index contributed by atoms with van der Waals surface area (Å²) in [5.74, 6) is 0.791. The van der Waals surface area contributed by atoms with Gasteiger partial charge in [0.25, 0.3) is 0 Å². The highest BCUT2D eigenvalue weighted by Gasteiger charge is 2.21. The maximum atomic E-state index is 11.6. The minimum Gasteiger partial charge on any atom is -0.489 e. The third-order valence-electron chi connectivity index (χ3n) is 2.62. The highest BCUT2D eigenvalue weighted by atomic mass is 16.5. The second kappa shape index (κ2) is 2.41. The molecule has 0 saturated carbocycles. The molecule has 2 aromatic rings. The first-order valence-corrected chi connectivity index (χ1v) is 4.63. The largest absolute Gasteiger partial charge is 0.489 e. The third kappa shape index (κ3) is 0.801. The van der Waals surface area contributed by atoms with Crippen LogP contribution in [0.25, 0.3) is 11.0 Å². The number of H-pyrrole nitrogens is 1. The van der Waals surface area contributed by atoms with Gasteiger partial charge in [-0.3, -0.25) is 4.57 Å². The van der Waals surface area contributed by atoms with E-state index in [0.29, 0.717) is 6.61 Å². The Labute approximate surface area is 80.1 Å².